The average Bonchev–Trinajstić information content (AvgIpc) is 3.39. The summed E-state index contributed by atoms with van der Waals surface area (Å²) in [6, 6.07) is 24.5. The molecule has 5 rings (SSSR count). The van der Waals surface area contributed by atoms with Gasteiger partial charge >= 0.3 is 0 Å². The summed E-state index contributed by atoms with van der Waals surface area (Å²) in [5.74, 6) is 1.91. The van der Waals surface area contributed by atoms with E-state index in [1.54, 1.807) is 27.4 Å². The largest absolute Gasteiger partial charge is 0.497 e. The number of amides is 1. The van der Waals surface area contributed by atoms with Crippen molar-refractivity contribution in [1.82, 2.24) is 20.5 Å². The van der Waals surface area contributed by atoms with Gasteiger partial charge < -0.3 is 19.5 Å². The maximum absolute atomic E-state index is 13.6. The highest BCUT2D eigenvalue weighted by Crippen LogP contribution is 2.35. The molecule has 0 aliphatic carbocycles. The first-order valence-corrected chi connectivity index (χ1v) is 11.7. The normalized spacial score (nSPS) is 10.8. The summed E-state index contributed by atoms with van der Waals surface area (Å²) >= 11 is 0. The van der Waals surface area contributed by atoms with Crippen LogP contribution in [0, 0.1) is 0 Å². The molecule has 8 heteroatoms. The Kier molecular flexibility index (Phi) is 6.72. The van der Waals surface area contributed by atoms with Crippen LogP contribution in [0.4, 0.5) is 0 Å². The van der Waals surface area contributed by atoms with E-state index >= 15 is 0 Å². The monoisotopic (exact) mass is 494 g/mol. The van der Waals surface area contributed by atoms with Gasteiger partial charge in [0.05, 0.1) is 43.7 Å². The van der Waals surface area contributed by atoms with Gasteiger partial charge in [0.25, 0.3) is 5.91 Å². The highest BCUT2D eigenvalue weighted by molar-refractivity contribution is 6.11. The summed E-state index contributed by atoms with van der Waals surface area (Å²) in [5.41, 5.74) is 4.76. The highest BCUT2D eigenvalue weighted by atomic mass is 16.5. The molecule has 37 heavy (non-hydrogen) atoms. The van der Waals surface area contributed by atoms with Crippen LogP contribution in [0.1, 0.15) is 15.9 Å². The van der Waals surface area contributed by atoms with Gasteiger partial charge in [0.15, 0.2) is 5.65 Å². The van der Waals surface area contributed by atoms with Crippen molar-refractivity contribution in [2.45, 2.75) is 6.54 Å². The number of methoxy groups -OCH3 is 3. The molecule has 0 radical (unpaired) electrons. The van der Waals surface area contributed by atoms with Gasteiger partial charge in [-0.15, -0.1) is 0 Å². The number of carbonyl (C=O) groups is 1. The maximum Gasteiger partial charge on any atom is 0.252 e. The Balaban J connectivity index is 1.59. The molecule has 0 aliphatic rings. The second kappa shape index (κ2) is 10.4. The highest BCUT2D eigenvalue weighted by Gasteiger charge is 2.21. The summed E-state index contributed by atoms with van der Waals surface area (Å²) in [6.45, 7) is 0.354. The number of carbonyl (C=O) groups excluding carboxylic acids is 1. The number of nitrogens with one attached hydrogen (secondary N) is 2. The van der Waals surface area contributed by atoms with E-state index in [9.17, 15) is 4.79 Å². The van der Waals surface area contributed by atoms with Crippen molar-refractivity contribution < 1.29 is 19.0 Å². The molecule has 186 valence electrons. The molecule has 2 N–H and O–H groups in total. The molecule has 0 fully saturated rings. The van der Waals surface area contributed by atoms with Crippen molar-refractivity contribution >= 4 is 16.9 Å². The molecule has 2 heterocycles. The third-order valence-corrected chi connectivity index (χ3v) is 6.14. The minimum absolute atomic E-state index is 0.240. The fourth-order valence-corrected chi connectivity index (χ4v) is 4.18. The van der Waals surface area contributed by atoms with Gasteiger partial charge in [-0.2, -0.15) is 5.10 Å². The molecule has 0 bridgehead atoms. The predicted octanol–water partition coefficient (Wildman–Crippen LogP) is 5.25. The maximum atomic E-state index is 13.6. The molecular weight excluding hydrogens is 468 g/mol. The van der Waals surface area contributed by atoms with E-state index in [0.29, 0.717) is 40.3 Å². The quantitative estimate of drug-likeness (QED) is 0.306. The molecule has 0 aliphatic heterocycles. The predicted molar refractivity (Wildman–Crippen MR) is 142 cm³/mol. The summed E-state index contributed by atoms with van der Waals surface area (Å²) in [5, 5.41) is 11.2. The zero-order chi connectivity index (χ0) is 25.8. The van der Waals surface area contributed by atoms with Crippen molar-refractivity contribution in [2.75, 3.05) is 21.3 Å². The van der Waals surface area contributed by atoms with Crippen LogP contribution >= 0.6 is 0 Å². The molecule has 0 saturated heterocycles. The van der Waals surface area contributed by atoms with Crippen LogP contribution in [0.3, 0.4) is 0 Å². The lowest BCUT2D eigenvalue weighted by Crippen LogP contribution is -2.23. The molecule has 3 aromatic carbocycles. The molecule has 8 nitrogen and oxygen atoms in total. The van der Waals surface area contributed by atoms with E-state index in [1.165, 1.54) is 0 Å². The Labute approximate surface area is 214 Å². The Morgan fingerprint density at radius 2 is 1.54 bits per heavy atom. The molecule has 1 amide bonds. The Morgan fingerprint density at radius 3 is 2.22 bits per heavy atom. The minimum Gasteiger partial charge on any atom is -0.497 e. The fraction of sp³-hybridized carbons (Fsp3) is 0.138. The van der Waals surface area contributed by atoms with Gasteiger partial charge in [0, 0.05) is 17.7 Å². The van der Waals surface area contributed by atoms with Gasteiger partial charge in [0.2, 0.25) is 0 Å². The first-order valence-electron chi connectivity index (χ1n) is 11.7. The number of aromatic amines is 1. The van der Waals surface area contributed by atoms with Crippen molar-refractivity contribution in [3.05, 3.63) is 90.0 Å². The average molecular weight is 495 g/mol. The summed E-state index contributed by atoms with van der Waals surface area (Å²) < 4.78 is 16.1. The van der Waals surface area contributed by atoms with Gasteiger partial charge in [0.1, 0.15) is 17.2 Å². The summed E-state index contributed by atoms with van der Waals surface area (Å²) in [4.78, 5) is 18.4. The second-order valence-corrected chi connectivity index (χ2v) is 8.31. The lowest BCUT2D eigenvalue weighted by Gasteiger charge is -2.12. The first kappa shape index (κ1) is 23.9. The van der Waals surface area contributed by atoms with E-state index < -0.39 is 0 Å². The number of pyridine rings is 1. The number of benzene rings is 3. The number of H-pyrrole nitrogens is 1. The Morgan fingerprint density at radius 1 is 0.865 bits per heavy atom. The lowest BCUT2D eigenvalue weighted by molar-refractivity contribution is 0.0952. The lowest BCUT2D eigenvalue weighted by atomic mass is 10.0. The molecule has 2 aromatic heterocycles. The van der Waals surface area contributed by atoms with E-state index in [4.69, 9.17) is 19.2 Å². The standard InChI is InChI=1S/C29H26N4O4/c1-35-20-12-8-18(9-13-20)17-30-29(34)23-16-24(22-6-4-5-7-25(22)37-3)31-28-26(23)27(32-33-28)19-10-14-21(36-2)15-11-19/h4-16H,17H2,1-3H3,(H,30,34)(H,31,32,33). The molecule has 0 spiro atoms. The third-order valence-electron chi connectivity index (χ3n) is 6.14. The van der Waals surface area contributed by atoms with E-state index in [0.717, 1.165) is 28.2 Å². The zero-order valence-electron chi connectivity index (χ0n) is 20.7. The number of hydrogen-bond acceptors (Lipinski definition) is 6. The number of fused-ring (bicyclic) bond motifs is 1. The Hall–Kier alpha value is -4.85. The number of nitrogens with zero attached hydrogens (tertiary/aromatic N) is 2. The molecule has 5 aromatic rings. The second-order valence-electron chi connectivity index (χ2n) is 8.31. The number of para-hydroxylation sites is 1. The van der Waals surface area contributed by atoms with Crippen molar-refractivity contribution in [3.8, 4) is 39.8 Å². The Bertz CT molecular complexity index is 1540. The molecule has 0 atom stereocenters. The van der Waals surface area contributed by atoms with Gasteiger partial charge in [-0.25, -0.2) is 4.98 Å². The topological polar surface area (TPSA) is 98.4 Å². The van der Waals surface area contributed by atoms with Crippen LogP contribution in [-0.4, -0.2) is 42.4 Å². The van der Waals surface area contributed by atoms with Crippen molar-refractivity contribution in [2.24, 2.45) is 0 Å². The van der Waals surface area contributed by atoms with Crippen molar-refractivity contribution in [1.29, 1.82) is 0 Å². The summed E-state index contributed by atoms with van der Waals surface area (Å²) in [6.07, 6.45) is 0. The summed E-state index contributed by atoms with van der Waals surface area (Å²) in [7, 11) is 4.85. The number of ether oxygens (including phenoxy) is 3. The van der Waals surface area contributed by atoms with E-state index in [1.807, 2.05) is 72.8 Å². The van der Waals surface area contributed by atoms with Gasteiger partial charge in [-0.1, -0.05) is 24.3 Å². The third kappa shape index (κ3) is 4.81. The van der Waals surface area contributed by atoms with Crippen LogP contribution in [0.25, 0.3) is 33.5 Å². The zero-order valence-corrected chi connectivity index (χ0v) is 20.7. The van der Waals surface area contributed by atoms with Gasteiger partial charge in [-0.3, -0.25) is 9.89 Å². The van der Waals surface area contributed by atoms with Crippen LogP contribution < -0.4 is 19.5 Å². The number of hydrogen-bond donors (Lipinski definition) is 2. The minimum atomic E-state index is -0.240. The number of aromatic nitrogens is 3. The fourth-order valence-electron chi connectivity index (χ4n) is 4.18. The number of rotatable bonds is 8. The van der Waals surface area contributed by atoms with Crippen LogP contribution in [0.15, 0.2) is 78.9 Å². The van der Waals surface area contributed by atoms with Crippen LogP contribution in [-0.2, 0) is 6.54 Å². The molecule has 0 unspecified atom stereocenters. The molecular formula is C29H26N4O4. The van der Waals surface area contributed by atoms with E-state index in [-0.39, 0.29) is 5.91 Å². The smallest absolute Gasteiger partial charge is 0.252 e. The van der Waals surface area contributed by atoms with Crippen LogP contribution in [0.5, 0.6) is 17.2 Å². The first-order chi connectivity index (χ1) is 18.1. The SMILES string of the molecule is COc1ccc(CNC(=O)c2cc(-c3ccccc3OC)nc3n[nH]c(-c4ccc(OC)cc4)c23)cc1. The molecule has 0 saturated carbocycles. The van der Waals surface area contributed by atoms with Gasteiger partial charge in [-0.05, 0) is 60.2 Å². The van der Waals surface area contributed by atoms with Crippen LogP contribution in [0.2, 0.25) is 0 Å². The van der Waals surface area contributed by atoms with E-state index in [2.05, 4.69) is 15.5 Å². The van der Waals surface area contributed by atoms with Crippen molar-refractivity contribution in [3.63, 3.8) is 0 Å².